The van der Waals surface area contributed by atoms with Crippen LogP contribution in [0.15, 0.2) is 28.9 Å². The first kappa shape index (κ1) is 15.0. The third kappa shape index (κ3) is 3.65. The molecule has 1 saturated carbocycles. The van der Waals surface area contributed by atoms with Crippen molar-refractivity contribution in [1.82, 2.24) is 15.3 Å². The van der Waals surface area contributed by atoms with Gasteiger partial charge >= 0.3 is 6.09 Å². The molecule has 1 aromatic carbocycles. The van der Waals surface area contributed by atoms with E-state index in [2.05, 4.69) is 36.5 Å². The Morgan fingerprint density at radius 2 is 1.95 bits per heavy atom. The molecule has 0 saturated heterocycles. The molecule has 3 rings (SSSR count). The summed E-state index contributed by atoms with van der Waals surface area (Å²) in [5, 5.41) is 15.6. The highest BCUT2D eigenvalue weighted by Crippen LogP contribution is 2.23. The van der Waals surface area contributed by atoms with Crippen LogP contribution in [-0.4, -0.2) is 33.3 Å². The van der Waals surface area contributed by atoms with Gasteiger partial charge in [0.05, 0.1) is 5.52 Å². The van der Waals surface area contributed by atoms with E-state index in [-0.39, 0.29) is 6.04 Å². The second-order valence-corrected chi connectivity index (χ2v) is 6.45. The van der Waals surface area contributed by atoms with Gasteiger partial charge in [-0.3, -0.25) is 0 Å². The molecule has 0 bridgehead atoms. The highest BCUT2D eigenvalue weighted by Gasteiger charge is 2.22. The molecule has 1 aliphatic rings. The molecule has 116 valence electrons. The molecule has 1 amide bonds. The minimum Gasteiger partial charge on any atom is -0.465 e. The maximum absolute atomic E-state index is 10.6. The summed E-state index contributed by atoms with van der Waals surface area (Å²) in [4.78, 5) is 19.5. The zero-order valence-electron chi connectivity index (χ0n) is 11.9. The molecule has 1 aliphatic carbocycles. The lowest BCUT2D eigenvalue weighted by molar-refractivity contribution is 0.185. The molecule has 3 N–H and O–H groups in total. The zero-order valence-corrected chi connectivity index (χ0v) is 13.5. The third-order valence-electron chi connectivity index (χ3n) is 3.93. The summed E-state index contributed by atoms with van der Waals surface area (Å²) in [6, 6.07) is 6.26. The van der Waals surface area contributed by atoms with Gasteiger partial charge < -0.3 is 15.7 Å². The lowest BCUT2D eigenvalue weighted by Crippen LogP contribution is -2.39. The summed E-state index contributed by atoms with van der Waals surface area (Å²) in [5.41, 5.74) is 0.905. The molecule has 0 unspecified atom stereocenters. The van der Waals surface area contributed by atoms with Gasteiger partial charge in [-0.15, -0.1) is 0 Å². The van der Waals surface area contributed by atoms with Crippen molar-refractivity contribution in [2.45, 2.75) is 37.8 Å². The topological polar surface area (TPSA) is 87.1 Å². The average Bonchev–Trinajstić information content (AvgIpc) is 2.49. The number of hydrogen-bond acceptors (Lipinski definition) is 4. The first-order chi connectivity index (χ1) is 10.6. The number of halogens is 1. The van der Waals surface area contributed by atoms with Crippen molar-refractivity contribution < 1.29 is 9.90 Å². The predicted octanol–water partition coefficient (Wildman–Crippen LogP) is 3.38. The Morgan fingerprint density at radius 3 is 2.68 bits per heavy atom. The van der Waals surface area contributed by atoms with E-state index in [1.165, 1.54) is 0 Å². The Morgan fingerprint density at radius 1 is 1.23 bits per heavy atom. The van der Waals surface area contributed by atoms with Gasteiger partial charge in [-0.1, -0.05) is 15.9 Å². The standard InChI is InChI=1S/C15H17BrN4O2/c16-10-1-6-13-9(7-10)8-17-14(20-13)18-11-2-4-12(5-3-11)19-15(21)22/h1,6-8,11-12,19H,2-5H2,(H,21,22)(H,17,18,20). The van der Waals surface area contributed by atoms with Crippen molar-refractivity contribution in [3.8, 4) is 0 Å². The molecule has 1 heterocycles. The molecule has 0 atom stereocenters. The van der Waals surface area contributed by atoms with E-state index < -0.39 is 6.09 Å². The number of fused-ring (bicyclic) bond motifs is 1. The van der Waals surface area contributed by atoms with Gasteiger partial charge in [0.25, 0.3) is 0 Å². The van der Waals surface area contributed by atoms with Crippen molar-refractivity contribution in [1.29, 1.82) is 0 Å². The summed E-state index contributed by atoms with van der Waals surface area (Å²) in [5.74, 6) is 0.629. The summed E-state index contributed by atoms with van der Waals surface area (Å²) in [6.45, 7) is 0. The van der Waals surface area contributed by atoms with Crippen molar-refractivity contribution in [3.63, 3.8) is 0 Å². The number of carbonyl (C=O) groups is 1. The number of nitrogens with one attached hydrogen (secondary N) is 2. The summed E-state index contributed by atoms with van der Waals surface area (Å²) < 4.78 is 1.01. The Kier molecular flexibility index (Phi) is 4.42. The number of hydrogen-bond donors (Lipinski definition) is 3. The number of nitrogens with zero attached hydrogens (tertiary/aromatic N) is 2. The van der Waals surface area contributed by atoms with Crippen molar-refractivity contribution >= 4 is 38.9 Å². The molecular weight excluding hydrogens is 348 g/mol. The van der Waals surface area contributed by atoms with Crippen LogP contribution in [0.3, 0.4) is 0 Å². The van der Waals surface area contributed by atoms with Crippen LogP contribution in [-0.2, 0) is 0 Å². The van der Waals surface area contributed by atoms with Crippen LogP contribution in [0.1, 0.15) is 25.7 Å². The molecule has 6 nitrogen and oxygen atoms in total. The average molecular weight is 365 g/mol. The fourth-order valence-corrected chi connectivity index (χ4v) is 3.19. The summed E-state index contributed by atoms with van der Waals surface area (Å²) >= 11 is 3.43. The van der Waals surface area contributed by atoms with Crippen molar-refractivity contribution in [2.24, 2.45) is 0 Å². The maximum Gasteiger partial charge on any atom is 0.404 e. The lowest BCUT2D eigenvalue weighted by atomic mass is 9.91. The van der Waals surface area contributed by atoms with E-state index >= 15 is 0 Å². The molecule has 0 spiro atoms. The van der Waals surface area contributed by atoms with Crippen LogP contribution < -0.4 is 10.6 Å². The van der Waals surface area contributed by atoms with E-state index in [1.807, 2.05) is 24.4 Å². The Labute approximate surface area is 136 Å². The molecule has 0 aliphatic heterocycles. The first-order valence-corrected chi connectivity index (χ1v) is 8.08. The normalized spacial score (nSPS) is 21.5. The van der Waals surface area contributed by atoms with Crippen molar-refractivity contribution in [3.05, 3.63) is 28.9 Å². The highest BCUT2D eigenvalue weighted by atomic mass is 79.9. The Hall–Kier alpha value is -1.89. The molecular formula is C15H17BrN4O2. The van der Waals surface area contributed by atoms with E-state index in [1.54, 1.807) is 0 Å². The van der Waals surface area contributed by atoms with E-state index in [9.17, 15) is 4.79 Å². The predicted molar refractivity (Wildman–Crippen MR) is 88.1 cm³/mol. The van der Waals surface area contributed by atoms with Gasteiger partial charge in [-0.05, 0) is 43.9 Å². The van der Waals surface area contributed by atoms with Crippen LogP contribution in [0.25, 0.3) is 10.9 Å². The molecule has 1 aromatic heterocycles. The molecule has 0 radical (unpaired) electrons. The number of carboxylic acid groups (broad SMARTS) is 1. The van der Waals surface area contributed by atoms with Gasteiger partial charge in [0.1, 0.15) is 0 Å². The summed E-state index contributed by atoms with van der Waals surface area (Å²) in [7, 11) is 0. The SMILES string of the molecule is O=C(O)NC1CCC(Nc2ncc3cc(Br)ccc3n2)CC1. The third-order valence-corrected chi connectivity index (χ3v) is 4.42. The fourth-order valence-electron chi connectivity index (χ4n) is 2.81. The van der Waals surface area contributed by atoms with Crippen molar-refractivity contribution in [2.75, 3.05) is 5.32 Å². The molecule has 7 heteroatoms. The second kappa shape index (κ2) is 6.48. The van der Waals surface area contributed by atoms with Crippen LogP contribution in [0.2, 0.25) is 0 Å². The van der Waals surface area contributed by atoms with Crippen LogP contribution in [0.5, 0.6) is 0 Å². The van der Waals surface area contributed by atoms with Crippen LogP contribution in [0, 0.1) is 0 Å². The van der Waals surface area contributed by atoms with Gasteiger partial charge in [0.2, 0.25) is 5.95 Å². The molecule has 2 aromatic rings. The second-order valence-electron chi connectivity index (χ2n) is 5.54. The van der Waals surface area contributed by atoms with Crippen LogP contribution >= 0.6 is 15.9 Å². The smallest absolute Gasteiger partial charge is 0.404 e. The number of rotatable bonds is 3. The highest BCUT2D eigenvalue weighted by molar-refractivity contribution is 9.10. The number of amides is 1. The molecule has 1 fully saturated rings. The first-order valence-electron chi connectivity index (χ1n) is 7.28. The summed E-state index contributed by atoms with van der Waals surface area (Å²) in [6.07, 6.45) is 4.36. The lowest BCUT2D eigenvalue weighted by Gasteiger charge is -2.28. The fraction of sp³-hybridized carbons (Fsp3) is 0.400. The zero-order chi connectivity index (χ0) is 15.5. The van der Waals surface area contributed by atoms with E-state index in [4.69, 9.17) is 5.11 Å². The number of benzene rings is 1. The van der Waals surface area contributed by atoms with Gasteiger partial charge in [-0.2, -0.15) is 0 Å². The van der Waals surface area contributed by atoms with Crippen LogP contribution in [0.4, 0.5) is 10.7 Å². The minimum absolute atomic E-state index is 0.0606. The van der Waals surface area contributed by atoms with Gasteiger partial charge in [0.15, 0.2) is 0 Å². The Balaban J connectivity index is 1.62. The largest absolute Gasteiger partial charge is 0.465 e. The van der Waals surface area contributed by atoms with E-state index in [0.29, 0.717) is 12.0 Å². The monoisotopic (exact) mass is 364 g/mol. The quantitative estimate of drug-likeness (QED) is 0.776. The van der Waals surface area contributed by atoms with Gasteiger partial charge in [0, 0.05) is 28.1 Å². The maximum atomic E-state index is 10.6. The minimum atomic E-state index is -0.944. The molecule has 22 heavy (non-hydrogen) atoms. The number of aromatic nitrogens is 2. The van der Waals surface area contributed by atoms with Gasteiger partial charge in [-0.25, -0.2) is 14.8 Å². The Bertz CT molecular complexity index is 686. The number of anilines is 1. The van der Waals surface area contributed by atoms with E-state index in [0.717, 1.165) is 41.1 Å².